The van der Waals surface area contributed by atoms with Crippen LogP contribution in [0.1, 0.15) is 43.4 Å². The molecule has 3 aliphatic rings. The smallest absolute Gasteiger partial charge is 0.419 e. The Balaban J connectivity index is 1.23. The number of hydrogen-bond acceptors (Lipinski definition) is 10. The molecule has 262 valence electrons. The van der Waals surface area contributed by atoms with Crippen LogP contribution in [0.25, 0.3) is 0 Å². The van der Waals surface area contributed by atoms with Crippen molar-refractivity contribution < 1.29 is 36.7 Å². The molecule has 3 fully saturated rings. The third-order valence-electron chi connectivity index (χ3n) is 9.08. The van der Waals surface area contributed by atoms with Gasteiger partial charge in [-0.1, -0.05) is 12.6 Å². The number of aromatic nitrogens is 2. The number of nitrogens with one attached hydrogen (secondary N) is 2. The van der Waals surface area contributed by atoms with E-state index in [9.17, 15) is 22.4 Å². The van der Waals surface area contributed by atoms with Crippen LogP contribution >= 0.6 is 0 Å². The second-order valence-corrected chi connectivity index (χ2v) is 12.2. The number of carbonyl (C=O) groups is 1. The van der Waals surface area contributed by atoms with Gasteiger partial charge in [-0.2, -0.15) is 13.2 Å². The summed E-state index contributed by atoms with van der Waals surface area (Å²) in [5.41, 5.74) is 0.761. The van der Waals surface area contributed by atoms with E-state index < -0.39 is 23.6 Å². The standard InChI is InChI=1S/C34H39F4N7O4/c1-4-33(46)42-26-16-27(30(47-3)17-29(26)43-10-7-23(8-11-43)44-12-14-48-21(2)19-44)41-31-18-32(40-20-39-31)45-28(9-13-49-45)22-5-6-25(35)24(15-22)34(36,37)38/h4-6,15-18,20-21,23,28H,1,7-14,19H2,2-3H3,(H,42,46)(H,39,40,41)/t21-,28-/m1/s1. The molecule has 0 bridgehead atoms. The van der Waals surface area contributed by atoms with E-state index in [0.717, 1.165) is 63.4 Å². The van der Waals surface area contributed by atoms with Crippen LogP contribution in [0.15, 0.2) is 55.4 Å². The van der Waals surface area contributed by atoms with Crippen LogP contribution in [0.2, 0.25) is 0 Å². The summed E-state index contributed by atoms with van der Waals surface area (Å²) in [4.78, 5) is 31.6. The van der Waals surface area contributed by atoms with Crippen molar-refractivity contribution in [1.29, 1.82) is 0 Å². The minimum atomic E-state index is -4.84. The Morgan fingerprint density at radius 3 is 2.57 bits per heavy atom. The Morgan fingerprint density at radius 2 is 1.86 bits per heavy atom. The van der Waals surface area contributed by atoms with E-state index in [1.807, 2.05) is 6.07 Å². The topological polar surface area (TPSA) is 104 Å². The molecule has 4 heterocycles. The third kappa shape index (κ3) is 7.73. The number of hydroxylamine groups is 1. The number of anilines is 5. The average molecular weight is 686 g/mol. The van der Waals surface area contributed by atoms with E-state index in [4.69, 9.17) is 14.3 Å². The Hall–Kier alpha value is -4.47. The van der Waals surface area contributed by atoms with E-state index in [1.54, 1.807) is 19.2 Å². The molecule has 3 aromatic rings. The second-order valence-electron chi connectivity index (χ2n) is 12.2. The lowest BCUT2D eigenvalue weighted by Gasteiger charge is -2.42. The predicted molar refractivity (Wildman–Crippen MR) is 177 cm³/mol. The van der Waals surface area contributed by atoms with Crippen LogP contribution in [-0.4, -0.2) is 79.4 Å². The Bertz CT molecular complexity index is 1670. The maximum atomic E-state index is 14.0. The first-order valence-corrected chi connectivity index (χ1v) is 16.2. The highest BCUT2D eigenvalue weighted by molar-refractivity contribution is 6.02. The molecule has 15 heteroatoms. The van der Waals surface area contributed by atoms with Crippen molar-refractivity contribution in [2.75, 3.05) is 67.1 Å². The first-order valence-electron chi connectivity index (χ1n) is 16.2. The maximum Gasteiger partial charge on any atom is 0.419 e. The summed E-state index contributed by atoms with van der Waals surface area (Å²) in [5.74, 6) is -0.595. The summed E-state index contributed by atoms with van der Waals surface area (Å²) in [6.45, 7) is 10.1. The zero-order valence-corrected chi connectivity index (χ0v) is 27.3. The fourth-order valence-corrected chi connectivity index (χ4v) is 6.67. The number of amides is 1. The van der Waals surface area contributed by atoms with Gasteiger partial charge in [0.2, 0.25) is 5.91 Å². The molecule has 49 heavy (non-hydrogen) atoms. The van der Waals surface area contributed by atoms with Gasteiger partial charge in [-0.3, -0.25) is 14.5 Å². The van der Waals surface area contributed by atoms with Crippen molar-refractivity contribution in [3.8, 4) is 5.75 Å². The Labute approximate surface area is 281 Å². The molecule has 3 saturated heterocycles. The first-order chi connectivity index (χ1) is 23.5. The van der Waals surface area contributed by atoms with Crippen molar-refractivity contribution in [2.24, 2.45) is 0 Å². The number of piperidine rings is 1. The number of nitrogens with zero attached hydrogens (tertiary/aromatic N) is 5. The molecule has 1 amide bonds. The van der Waals surface area contributed by atoms with Gasteiger partial charge in [0.25, 0.3) is 0 Å². The number of morpholine rings is 1. The minimum Gasteiger partial charge on any atom is -0.494 e. The fraction of sp³-hybridized carbons (Fsp3) is 0.441. The van der Waals surface area contributed by atoms with Gasteiger partial charge in [-0.15, -0.1) is 0 Å². The van der Waals surface area contributed by atoms with E-state index >= 15 is 0 Å². The Kier molecular flexibility index (Phi) is 10.2. The van der Waals surface area contributed by atoms with Gasteiger partial charge in [-0.05, 0) is 49.6 Å². The van der Waals surface area contributed by atoms with Gasteiger partial charge in [0.1, 0.15) is 23.7 Å². The van der Waals surface area contributed by atoms with E-state index in [1.165, 1.54) is 23.5 Å². The number of ether oxygens (including phenoxy) is 2. The number of rotatable bonds is 9. The molecular formula is C34H39F4N7O4. The molecule has 0 spiro atoms. The molecule has 6 rings (SSSR count). The van der Waals surface area contributed by atoms with Gasteiger partial charge < -0.3 is 25.0 Å². The van der Waals surface area contributed by atoms with Gasteiger partial charge in [0.15, 0.2) is 5.82 Å². The quantitative estimate of drug-likeness (QED) is 0.203. The highest BCUT2D eigenvalue weighted by Crippen LogP contribution is 2.41. The van der Waals surface area contributed by atoms with Crippen LogP contribution < -0.4 is 25.3 Å². The number of halogens is 4. The average Bonchev–Trinajstić information content (AvgIpc) is 3.59. The van der Waals surface area contributed by atoms with E-state index in [0.29, 0.717) is 35.4 Å². The lowest BCUT2D eigenvalue weighted by Crippen LogP contribution is -2.51. The van der Waals surface area contributed by atoms with E-state index in [-0.39, 0.29) is 30.0 Å². The fourth-order valence-electron chi connectivity index (χ4n) is 6.67. The number of carbonyl (C=O) groups excluding carboxylic acids is 1. The largest absolute Gasteiger partial charge is 0.494 e. The molecule has 0 aliphatic carbocycles. The van der Waals surface area contributed by atoms with Crippen molar-refractivity contribution in [1.82, 2.24) is 14.9 Å². The van der Waals surface area contributed by atoms with Crippen molar-refractivity contribution in [2.45, 2.75) is 50.6 Å². The number of benzene rings is 2. The summed E-state index contributed by atoms with van der Waals surface area (Å²) in [5, 5.41) is 7.55. The number of alkyl halides is 3. The van der Waals surface area contributed by atoms with Gasteiger partial charge in [0.05, 0.1) is 55.1 Å². The van der Waals surface area contributed by atoms with Crippen LogP contribution in [-0.2, 0) is 20.5 Å². The van der Waals surface area contributed by atoms with Crippen LogP contribution in [0.3, 0.4) is 0 Å². The minimum absolute atomic E-state index is 0.216. The monoisotopic (exact) mass is 685 g/mol. The molecule has 0 unspecified atom stereocenters. The SMILES string of the molecule is C=CC(=O)Nc1cc(Nc2cc(N3OCC[C@@H]3c3ccc(F)c(C(F)(F)F)c3)ncn2)c(OC)cc1N1CCC(N2CCO[C@H](C)C2)CC1. The lowest BCUT2D eigenvalue weighted by molar-refractivity contribution is -0.140. The molecule has 0 radical (unpaired) electrons. The zero-order chi connectivity index (χ0) is 34.7. The highest BCUT2D eigenvalue weighted by atomic mass is 19.4. The molecule has 3 aliphatic heterocycles. The molecule has 2 aromatic carbocycles. The van der Waals surface area contributed by atoms with Gasteiger partial charge in [0, 0.05) is 50.8 Å². The van der Waals surface area contributed by atoms with Crippen molar-refractivity contribution in [3.05, 3.63) is 72.3 Å². The molecule has 1 aromatic heterocycles. The summed E-state index contributed by atoms with van der Waals surface area (Å²) in [7, 11) is 1.55. The van der Waals surface area contributed by atoms with Crippen molar-refractivity contribution >= 4 is 34.6 Å². The second kappa shape index (κ2) is 14.6. The van der Waals surface area contributed by atoms with Crippen LogP contribution in [0.4, 0.5) is 46.3 Å². The van der Waals surface area contributed by atoms with Gasteiger partial charge >= 0.3 is 6.18 Å². The molecule has 2 atom stereocenters. The highest BCUT2D eigenvalue weighted by Gasteiger charge is 2.37. The summed E-state index contributed by atoms with van der Waals surface area (Å²) in [6.07, 6.45) is 0.157. The number of methoxy groups -OCH3 is 1. The molecular weight excluding hydrogens is 646 g/mol. The number of hydrogen-bond donors (Lipinski definition) is 2. The van der Waals surface area contributed by atoms with Crippen LogP contribution in [0.5, 0.6) is 5.75 Å². The molecule has 2 N–H and O–H groups in total. The normalized spacial score (nSPS) is 20.7. The zero-order valence-electron chi connectivity index (χ0n) is 27.3. The summed E-state index contributed by atoms with van der Waals surface area (Å²) >= 11 is 0. The van der Waals surface area contributed by atoms with Crippen molar-refractivity contribution in [3.63, 3.8) is 0 Å². The maximum absolute atomic E-state index is 14.0. The lowest BCUT2D eigenvalue weighted by atomic mass is 10.0. The Morgan fingerprint density at radius 1 is 1.06 bits per heavy atom. The summed E-state index contributed by atoms with van der Waals surface area (Å²) < 4.78 is 65.8. The van der Waals surface area contributed by atoms with Crippen LogP contribution in [0, 0.1) is 5.82 Å². The molecule has 11 nitrogen and oxygen atoms in total. The third-order valence-corrected chi connectivity index (χ3v) is 9.08. The van der Waals surface area contributed by atoms with Gasteiger partial charge in [-0.25, -0.2) is 19.4 Å². The predicted octanol–water partition coefficient (Wildman–Crippen LogP) is 6.08. The summed E-state index contributed by atoms with van der Waals surface area (Å²) in [6, 6.07) is 7.96. The van der Waals surface area contributed by atoms with E-state index in [2.05, 4.69) is 43.9 Å². The molecule has 0 saturated carbocycles. The first kappa shape index (κ1) is 34.4.